The molecule has 0 radical (unpaired) electrons. The highest BCUT2D eigenvalue weighted by atomic mass is 32.1. The SMILES string of the molecule is COc1cccc(C(=O)Nc2cccc3nsnc23)c1. The lowest BCUT2D eigenvalue weighted by molar-refractivity contribution is 0.102. The van der Waals surface area contributed by atoms with Crippen LogP contribution < -0.4 is 10.1 Å². The van der Waals surface area contributed by atoms with E-state index in [-0.39, 0.29) is 5.91 Å². The summed E-state index contributed by atoms with van der Waals surface area (Å²) in [6.07, 6.45) is 0. The third-order valence-electron chi connectivity index (χ3n) is 2.87. The van der Waals surface area contributed by atoms with E-state index in [1.807, 2.05) is 18.2 Å². The third-order valence-corrected chi connectivity index (χ3v) is 3.41. The molecule has 1 N–H and O–H groups in total. The lowest BCUT2D eigenvalue weighted by Gasteiger charge is -2.06. The third kappa shape index (κ3) is 2.33. The average molecular weight is 285 g/mol. The molecule has 2 aromatic carbocycles. The van der Waals surface area contributed by atoms with Gasteiger partial charge in [-0.15, -0.1) is 0 Å². The first-order valence-electron chi connectivity index (χ1n) is 5.94. The number of nitrogens with one attached hydrogen (secondary N) is 1. The van der Waals surface area contributed by atoms with Crippen molar-refractivity contribution in [3.63, 3.8) is 0 Å². The van der Waals surface area contributed by atoms with Crippen molar-refractivity contribution in [2.24, 2.45) is 0 Å². The molecular formula is C14H11N3O2S. The number of benzene rings is 2. The summed E-state index contributed by atoms with van der Waals surface area (Å²) in [5, 5.41) is 2.85. The number of fused-ring (bicyclic) bond motifs is 1. The first-order valence-corrected chi connectivity index (χ1v) is 6.67. The standard InChI is InChI=1S/C14H11N3O2S/c1-19-10-5-2-4-9(8-10)14(18)15-11-6-3-7-12-13(11)17-20-16-12/h2-8H,1H3,(H,15,18). The number of ether oxygens (including phenoxy) is 1. The van der Waals surface area contributed by atoms with E-state index in [1.165, 1.54) is 0 Å². The van der Waals surface area contributed by atoms with E-state index in [0.717, 1.165) is 17.2 Å². The maximum atomic E-state index is 12.2. The molecule has 0 bridgehead atoms. The molecule has 1 amide bonds. The first kappa shape index (κ1) is 12.6. The lowest BCUT2D eigenvalue weighted by atomic mass is 10.2. The molecule has 100 valence electrons. The number of amides is 1. The Balaban J connectivity index is 1.90. The number of carbonyl (C=O) groups is 1. The highest BCUT2D eigenvalue weighted by molar-refractivity contribution is 7.00. The zero-order chi connectivity index (χ0) is 13.9. The molecule has 0 saturated carbocycles. The predicted octanol–water partition coefficient (Wildman–Crippen LogP) is 2.95. The quantitative estimate of drug-likeness (QED) is 0.803. The van der Waals surface area contributed by atoms with Gasteiger partial charge in [0.05, 0.1) is 24.5 Å². The molecule has 0 saturated heterocycles. The Labute approximate surface area is 119 Å². The lowest BCUT2D eigenvalue weighted by Crippen LogP contribution is -2.12. The molecular weight excluding hydrogens is 274 g/mol. The van der Waals surface area contributed by atoms with Crippen molar-refractivity contribution in [2.75, 3.05) is 12.4 Å². The fraction of sp³-hybridized carbons (Fsp3) is 0.0714. The van der Waals surface area contributed by atoms with Crippen molar-refractivity contribution in [2.45, 2.75) is 0 Å². The summed E-state index contributed by atoms with van der Waals surface area (Å²) in [7, 11) is 1.57. The second kappa shape index (κ2) is 5.26. The fourth-order valence-corrected chi connectivity index (χ4v) is 2.42. The monoisotopic (exact) mass is 285 g/mol. The second-order valence-electron chi connectivity index (χ2n) is 4.12. The van der Waals surface area contributed by atoms with Gasteiger partial charge >= 0.3 is 0 Å². The molecule has 1 heterocycles. The molecule has 0 aliphatic rings. The number of hydrogen-bond acceptors (Lipinski definition) is 5. The Bertz CT molecular complexity index is 770. The molecule has 3 aromatic rings. The Morgan fingerprint density at radius 1 is 1.20 bits per heavy atom. The van der Waals surface area contributed by atoms with Crippen LogP contribution in [0.3, 0.4) is 0 Å². The van der Waals surface area contributed by atoms with Gasteiger partial charge in [0.2, 0.25) is 0 Å². The second-order valence-corrected chi connectivity index (χ2v) is 4.65. The summed E-state index contributed by atoms with van der Waals surface area (Å²) in [6.45, 7) is 0. The van der Waals surface area contributed by atoms with Gasteiger partial charge in [-0.05, 0) is 30.3 Å². The van der Waals surface area contributed by atoms with Crippen molar-refractivity contribution < 1.29 is 9.53 Å². The number of methoxy groups -OCH3 is 1. The molecule has 0 aliphatic heterocycles. The zero-order valence-corrected chi connectivity index (χ0v) is 11.5. The van der Waals surface area contributed by atoms with Gasteiger partial charge < -0.3 is 10.1 Å². The van der Waals surface area contributed by atoms with Crippen LogP contribution in [0.5, 0.6) is 5.75 Å². The Morgan fingerprint density at radius 2 is 2.05 bits per heavy atom. The minimum absolute atomic E-state index is 0.204. The topological polar surface area (TPSA) is 64.1 Å². The smallest absolute Gasteiger partial charge is 0.255 e. The van der Waals surface area contributed by atoms with Crippen molar-refractivity contribution in [3.8, 4) is 5.75 Å². The van der Waals surface area contributed by atoms with E-state index in [9.17, 15) is 4.79 Å². The molecule has 0 fully saturated rings. The van der Waals surface area contributed by atoms with Gasteiger partial charge in [-0.1, -0.05) is 12.1 Å². The minimum atomic E-state index is -0.204. The van der Waals surface area contributed by atoms with Crippen molar-refractivity contribution in [3.05, 3.63) is 48.0 Å². The number of nitrogens with zero attached hydrogens (tertiary/aromatic N) is 2. The van der Waals surface area contributed by atoms with E-state index in [0.29, 0.717) is 22.5 Å². The molecule has 0 unspecified atom stereocenters. The van der Waals surface area contributed by atoms with Crippen LogP contribution >= 0.6 is 11.7 Å². The van der Waals surface area contributed by atoms with Gasteiger partial charge in [0.15, 0.2) is 0 Å². The Hall–Kier alpha value is -2.47. The minimum Gasteiger partial charge on any atom is -0.497 e. The van der Waals surface area contributed by atoms with Crippen LogP contribution in [0, 0.1) is 0 Å². The van der Waals surface area contributed by atoms with Crippen molar-refractivity contribution in [1.82, 2.24) is 8.75 Å². The van der Waals surface area contributed by atoms with Crippen LogP contribution in [-0.4, -0.2) is 21.8 Å². The number of hydrogen-bond donors (Lipinski definition) is 1. The molecule has 0 spiro atoms. The number of carbonyl (C=O) groups excluding carboxylic acids is 1. The normalized spacial score (nSPS) is 10.4. The number of anilines is 1. The Morgan fingerprint density at radius 3 is 2.90 bits per heavy atom. The van der Waals surface area contributed by atoms with Gasteiger partial charge in [-0.2, -0.15) is 8.75 Å². The van der Waals surface area contributed by atoms with Crippen LogP contribution in [0.4, 0.5) is 5.69 Å². The molecule has 0 aliphatic carbocycles. The Kier molecular flexibility index (Phi) is 3.30. The van der Waals surface area contributed by atoms with Crippen LogP contribution in [0.15, 0.2) is 42.5 Å². The van der Waals surface area contributed by atoms with Crippen LogP contribution in [0.1, 0.15) is 10.4 Å². The van der Waals surface area contributed by atoms with Crippen molar-refractivity contribution >= 4 is 34.4 Å². The summed E-state index contributed by atoms with van der Waals surface area (Å²) in [6, 6.07) is 12.5. The summed E-state index contributed by atoms with van der Waals surface area (Å²) in [5.41, 5.74) is 2.67. The number of rotatable bonds is 3. The molecule has 5 nitrogen and oxygen atoms in total. The maximum absolute atomic E-state index is 12.2. The van der Waals surface area contributed by atoms with Crippen LogP contribution in [0.25, 0.3) is 11.0 Å². The molecule has 1 aromatic heterocycles. The van der Waals surface area contributed by atoms with Gasteiger partial charge in [-0.3, -0.25) is 4.79 Å². The van der Waals surface area contributed by atoms with E-state index in [1.54, 1.807) is 31.4 Å². The molecule has 6 heteroatoms. The maximum Gasteiger partial charge on any atom is 0.255 e. The van der Waals surface area contributed by atoms with E-state index >= 15 is 0 Å². The number of aromatic nitrogens is 2. The highest BCUT2D eigenvalue weighted by Crippen LogP contribution is 2.22. The average Bonchev–Trinajstić information content (AvgIpc) is 2.97. The van der Waals surface area contributed by atoms with Gasteiger partial charge in [0.1, 0.15) is 16.8 Å². The van der Waals surface area contributed by atoms with E-state index in [4.69, 9.17) is 4.74 Å². The predicted molar refractivity (Wildman–Crippen MR) is 78.4 cm³/mol. The zero-order valence-electron chi connectivity index (χ0n) is 10.7. The highest BCUT2D eigenvalue weighted by Gasteiger charge is 2.10. The van der Waals surface area contributed by atoms with E-state index < -0.39 is 0 Å². The van der Waals surface area contributed by atoms with Gasteiger partial charge in [0.25, 0.3) is 5.91 Å². The fourth-order valence-electron chi connectivity index (χ4n) is 1.87. The van der Waals surface area contributed by atoms with Crippen LogP contribution in [-0.2, 0) is 0 Å². The largest absolute Gasteiger partial charge is 0.497 e. The summed E-state index contributed by atoms with van der Waals surface area (Å²) >= 11 is 1.12. The summed E-state index contributed by atoms with van der Waals surface area (Å²) in [5.74, 6) is 0.440. The van der Waals surface area contributed by atoms with Gasteiger partial charge in [0, 0.05) is 5.56 Å². The van der Waals surface area contributed by atoms with Crippen molar-refractivity contribution in [1.29, 1.82) is 0 Å². The molecule has 20 heavy (non-hydrogen) atoms. The van der Waals surface area contributed by atoms with E-state index in [2.05, 4.69) is 14.1 Å². The molecule has 3 rings (SSSR count). The van der Waals surface area contributed by atoms with Gasteiger partial charge in [-0.25, -0.2) is 0 Å². The summed E-state index contributed by atoms with van der Waals surface area (Å²) < 4.78 is 13.4. The molecule has 0 atom stereocenters. The summed E-state index contributed by atoms with van der Waals surface area (Å²) in [4.78, 5) is 12.2. The first-order chi connectivity index (χ1) is 9.78. The van der Waals surface area contributed by atoms with Crippen LogP contribution in [0.2, 0.25) is 0 Å².